The van der Waals surface area contributed by atoms with Crippen LogP contribution in [0.4, 0.5) is 0 Å². The lowest BCUT2D eigenvalue weighted by Crippen LogP contribution is -2.46. The second-order valence-electron chi connectivity index (χ2n) is 8.22. The second-order valence-corrected chi connectivity index (χ2v) is 10.3. The van der Waals surface area contributed by atoms with Gasteiger partial charge in [0.05, 0.1) is 19.6 Å². The van der Waals surface area contributed by atoms with E-state index in [0.717, 1.165) is 41.0 Å². The van der Waals surface area contributed by atoms with E-state index in [9.17, 15) is 9.59 Å². The fourth-order valence-corrected chi connectivity index (χ4v) is 5.75. The molecule has 2 amide bonds. The first-order valence-electron chi connectivity index (χ1n) is 11.5. The number of amides is 2. The molecule has 3 aromatic rings. The molecular formula is C26H30N2O3S2. The maximum absolute atomic E-state index is 13.8. The van der Waals surface area contributed by atoms with Crippen molar-refractivity contribution in [3.63, 3.8) is 0 Å². The third kappa shape index (κ3) is 6.03. The Labute approximate surface area is 203 Å². The van der Waals surface area contributed by atoms with E-state index in [1.807, 2.05) is 66.2 Å². The smallest absolute Gasteiger partial charge is 0.247 e. The minimum Gasteiger partial charge on any atom is -0.494 e. The summed E-state index contributed by atoms with van der Waals surface area (Å²) in [6.45, 7) is 2.79. The summed E-state index contributed by atoms with van der Waals surface area (Å²) in [5, 5.41) is 7.21. The summed E-state index contributed by atoms with van der Waals surface area (Å²) in [6.07, 6.45) is 4.50. The predicted octanol–water partition coefficient (Wildman–Crippen LogP) is 5.58. The number of hydrogen-bond acceptors (Lipinski definition) is 5. The van der Waals surface area contributed by atoms with Crippen LogP contribution >= 0.6 is 22.7 Å². The number of carbonyl (C=O) groups is 2. The highest BCUT2D eigenvalue weighted by atomic mass is 32.1. The van der Waals surface area contributed by atoms with E-state index >= 15 is 0 Å². The number of nitrogens with zero attached hydrogens (tertiary/aromatic N) is 1. The molecule has 33 heavy (non-hydrogen) atoms. The summed E-state index contributed by atoms with van der Waals surface area (Å²) in [6, 6.07) is 14.9. The van der Waals surface area contributed by atoms with Crippen LogP contribution in [-0.2, 0) is 22.6 Å². The molecule has 4 rings (SSSR count). The molecule has 1 aliphatic carbocycles. The lowest BCUT2D eigenvalue weighted by molar-refractivity contribution is -0.141. The first-order valence-corrected chi connectivity index (χ1v) is 13.3. The first kappa shape index (κ1) is 23.5. The molecule has 1 aliphatic rings. The van der Waals surface area contributed by atoms with Crippen LogP contribution < -0.4 is 10.1 Å². The highest BCUT2D eigenvalue weighted by Crippen LogP contribution is 2.33. The molecule has 1 saturated carbocycles. The molecule has 0 aliphatic heterocycles. The van der Waals surface area contributed by atoms with Gasteiger partial charge in [-0.15, -0.1) is 22.7 Å². The van der Waals surface area contributed by atoms with Gasteiger partial charge in [-0.1, -0.05) is 43.2 Å². The molecule has 2 heterocycles. The Bertz CT molecular complexity index is 1030. The van der Waals surface area contributed by atoms with Crippen LogP contribution in [0.3, 0.4) is 0 Å². The molecule has 0 radical (unpaired) electrons. The average Bonchev–Trinajstić information content (AvgIpc) is 3.59. The Hall–Kier alpha value is -2.64. The summed E-state index contributed by atoms with van der Waals surface area (Å²) in [4.78, 5) is 31.2. The summed E-state index contributed by atoms with van der Waals surface area (Å²) in [5.74, 6) is 0.445. The second kappa shape index (κ2) is 11.5. The number of ether oxygens (including phenoxy) is 1. The van der Waals surface area contributed by atoms with Gasteiger partial charge in [-0.25, -0.2) is 0 Å². The molecule has 5 nitrogen and oxygen atoms in total. The fourth-order valence-electron chi connectivity index (χ4n) is 4.35. The minimum absolute atomic E-state index is 0.0660. The van der Waals surface area contributed by atoms with Crippen LogP contribution in [0.2, 0.25) is 0 Å². The molecule has 1 atom stereocenters. The van der Waals surface area contributed by atoms with Crippen LogP contribution in [0.25, 0.3) is 0 Å². The highest BCUT2D eigenvalue weighted by Gasteiger charge is 2.35. The summed E-state index contributed by atoms with van der Waals surface area (Å²) in [5.41, 5.74) is 0.728. The van der Waals surface area contributed by atoms with Crippen molar-refractivity contribution in [1.82, 2.24) is 10.2 Å². The average molecular weight is 483 g/mol. The first-order chi connectivity index (χ1) is 16.2. The maximum Gasteiger partial charge on any atom is 0.247 e. The number of para-hydroxylation sites is 1. The van der Waals surface area contributed by atoms with Gasteiger partial charge in [0.15, 0.2) is 0 Å². The number of nitrogens with one attached hydrogen (secondary N) is 1. The van der Waals surface area contributed by atoms with Crippen molar-refractivity contribution in [1.29, 1.82) is 0 Å². The number of thiophene rings is 2. The zero-order chi connectivity index (χ0) is 23.0. The van der Waals surface area contributed by atoms with Gasteiger partial charge in [-0.2, -0.15) is 0 Å². The zero-order valence-electron chi connectivity index (χ0n) is 18.9. The summed E-state index contributed by atoms with van der Waals surface area (Å²) >= 11 is 3.15. The largest absolute Gasteiger partial charge is 0.494 e. The van der Waals surface area contributed by atoms with E-state index in [-0.39, 0.29) is 24.3 Å². The van der Waals surface area contributed by atoms with E-state index in [2.05, 4.69) is 5.32 Å². The Kier molecular flexibility index (Phi) is 8.18. The maximum atomic E-state index is 13.8. The fraction of sp³-hybridized carbons (Fsp3) is 0.385. The molecule has 0 bridgehead atoms. The van der Waals surface area contributed by atoms with Gasteiger partial charge in [0.25, 0.3) is 0 Å². The normalized spacial score (nSPS) is 14.7. The Balaban J connectivity index is 1.72. The van der Waals surface area contributed by atoms with E-state index < -0.39 is 6.04 Å². The number of rotatable bonds is 10. The van der Waals surface area contributed by atoms with Crippen LogP contribution in [-0.4, -0.2) is 29.4 Å². The molecule has 1 fully saturated rings. The van der Waals surface area contributed by atoms with Gasteiger partial charge in [0, 0.05) is 21.4 Å². The van der Waals surface area contributed by atoms with Crippen LogP contribution in [0.15, 0.2) is 59.3 Å². The quantitative estimate of drug-likeness (QED) is 0.410. The SMILES string of the molecule is CCOc1ccccc1C(C(=O)NC1CCCC1)N(Cc1cccs1)C(=O)Cc1cccs1. The van der Waals surface area contributed by atoms with Crippen molar-refractivity contribution in [3.05, 3.63) is 74.6 Å². The molecule has 0 saturated heterocycles. The van der Waals surface area contributed by atoms with Gasteiger partial charge in [0.1, 0.15) is 11.8 Å². The standard InChI is InChI=1S/C26H30N2O3S2/c1-2-31-23-14-6-5-13-22(23)25(26(30)27-19-9-3-4-10-19)28(18-21-12-8-16-33-21)24(29)17-20-11-7-15-32-20/h5-8,11-16,19,25H,2-4,9-10,17-18H2,1H3,(H,27,30). The molecule has 2 aromatic heterocycles. The monoisotopic (exact) mass is 482 g/mol. The highest BCUT2D eigenvalue weighted by molar-refractivity contribution is 7.10. The van der Waals surface area contributed by atoms with Crippen molar-refractivity contribution in [2.75, 3.05) is 6.61 Å². The number of hydrogen-bond donors (Lipinski definition) is 1. The third-order valence-electron chi connectivity index (χ3n) is 5.91. The Morgan fingerprint density at radius 3 is 2.39 bits per heavy atom. The van der Waals surface area contributed by atoms with Crippen LogP contribution in [0, 0.1) is 0 Å². The topological polar surface area (TPSA) is 58.6 Å². The molecule has 174 valence electrons. The molecule has 1 aromatic carbocycles. The lowest BCUT2D eigenvalue weighted by Gasteiger charge is -2.33. The Morgan fingerprint density at radius 2 is 1.73 bits per heavy atom. The van der Waals surface area contributed by atoms with Gasteiger partial charge in [-0.3, -0.25) is 9.59 Å². The molecule has 0 spiro atoms. The molecule has 1 N–H and O–H groups in total. The van der Waals surface area contributed by atoms with E-state index in [4.69, 9.17) is 4.74 Å². The van der Waals surface area contributed by atoms with Gasteiger partial charge >= 0.3 is 0 Å². The summed E-state index contributed by atoms with van der Waals surface area (Å²) < 4.78 is 5.90. The van der Waals surface area contributed by atoms with Crippen molar-refractivity contribution < 1.29 is 14.3 Å². The molecule has 7 heteroatoms. The van der Waals surface area contributed by atoms with Gasteiger partial charge in [-0.05, 0) is 48.7 Å². The van der Waals surface area contributed by atoms with E-state index in [1.165, 1.54) is 0 Å². The number of carbonyl (C=O) groups excluding carboxylic acids is 2. The lowest BCUT2D eigenvalue weighted by atomic mass is 10.0. The van der Waals surface area contributed by atoms with Crippen LogP contribution in [0.1, 0.15) is 54.0 Å². The molecule has 1 unspecified atom stereocenters. The summed E-state index contributed by atoms with van der Waals surface area (Å²) in [7, 11) is 0. The number of benzene rings is 1. The minimum atomic E-state index is -0.761. The molecular weight excluding hydrogens is 452 g/mol. The Morgan fingerprint density at radius 1 is 1.03 bits per heavy atom. The predicted molar refractivity (Wildman–Crippen MR) is 134 cm³/mol. The zero-order valence-corrected chi connectivity index (χ0v) is 20.5. The van der Waals surface area contributed by atoms with Gasteiger partial charge < -0.3 is 15.0 Å². The van der Waals surface area contributed by atoms with E-state index in [0.29, 0.717) is 18.9 Å². The van der Waals surface area contributed by atoms with Crippen molar-refractivity contribution >= 4 is 34.5 Å². The van der Waals surface area contributed by atoms with Crippen molar-refractivity contribution in [2.45, 2.75) is 57.7 Å². The van der Waals surface area contributed by atoms with Crippen molar-refractivity contribution in [3.8, 4) is 5.75 Å². The van der Waals surface area contributed by atoms with Crippen LogP contribution in [0.5, 0.6) is 5.75 Å². The van der Waals surface area contributed by atoms with E-state index in [1.54, 1.807) is 27.6 Å². The van der Waals surface area contributed by atoms with Crippen molar-refractivity contribution in [2.24, 2.45) is 0 Å². The van der Waals surface area contributed by atoms with Gasteiger partial charge in [0.2, 0.25) is 11.8 Å². The third-order valence-corrected chi connectivity index (χ3v) is 7.64.